The van der Waals surface area contributed by atoms with Crippen LogP contribution in [0.1, 0.15) is 16.8 Å². The van der Waals surface area contributed by atoms with Crippen LogP contribution in [0, 0.1) is 0 Å². The molecule has 0 aliphatic rings. The number of methoxy groups -OCH3 is 1. The van der Waals surface area contributed by atoms with Crippen LogP contribution in [0.5, 0.6) is 0 Å². The number of rotatable bonds is 8. The van der Waals surface area contributed by atoms with Crippen molar-refractivity contribution in [1.82, 2.24) is 4.72 Å². The number of carbonyl (C=O) groups excluding carboxylic acids is 1. The average molecular weight is 383 g/mol. The first-order valence-electron chi connectivity index (χ1n) is 7.58. The Balaban J connectivity index is 2.12. The minimum atomic E-state index is -3.69. The second-order valence-corrected chi connectivity index (χ2v) is 7.38. The first-order valence-corrected chi connectivity index (χ1v) is 9.45. The fraction of sp³-hybridized carbons (Fsp3) is 0.235. The predicted molar refractivity (Wildman–Crippen MR) is 97.5 cm³/mol. The van der Waals surface area contributed by atoms with E-state index in [2.05, 4.69) is 10.0 Å². The number of anilines is 1. The number of nitrogens with one attached hydrogen (secondary N) is 2. The highest BCUT2D eigenvalue weighted by Gasteiger charge is 2.16. The molecule has 2 aromatic carbocycles. The first kappa shape index (κ1) is 19.4. The zero-order valence-electron chi connectivity index (χ0n) is 13.7. The maximum atomic E-state index is 12.3. The molecule has 0 aliphatic carbocycles. The fourth-order valence-corrected chi connectivity index (χ4v) is 3.37. The molecule has 8 heteroatoms. The molecule has 2 rings (SSSR count). The summed E-state index contributed by atoms with van der Waals surface area (Å²) in [7, 11) is -2.14. The van der Waals surface area contributed by atoms with Gasteiger partial charge in [-0.1, -0.05) is 29.8 Å². The number of carbonyl (C=O) groups is 1. The molecule has 0 spiro atoms. The van der Waals surface area contributed by atoms with Crippen molar-refractivity contribution in [2.24, 2.45) is 0 Å². The lowest BCUT2D eigenvalue weighted by Crippen LogP contribution is -2.26. The van der Waals surface area contributed by atoms with Crippen molar-refractivity contribution in [1.29, 1.82) is 0 Å². The Hall–Kier alpha value is -1.93. The third kappa shape index (κ3) is 5.54. The topological polar surface area (TPSA) is 84.5 Å². The smallest absolute Gasteiger partial charge is 0.255 e. The molecule has 0 heterocycles. The molecule has 134 valence electrons. The summed E-state index contributed by atoms with van der Waals surface area (Å²) in [5.41, 5.74) is 0.680. The van der Waals surface area contributed by atoms with E-state index in [9.17, 15) is 13.2 Å². The van der Waals surface area contributed by atoms with E-state index < -0.39 is 15.9 Å². The van der Waals surface area contributed by atoms with Crippen LogP contribution >= 0.6 is 11.6 Å². The summed E-state index contributed by atoms with van der Waals surface area (Å²) in [5.74, 6) is -0.440. The van der Waals surface area contributed by atoms with Gasteiger partial charge in [-0.15, -0.1) is 0 Å². The maximum absolute atomic E-state index is 12.3. The minimum Gasteiger partial charge on any atom is -0.385 e. The zero-order chi connectivity index (χ0) is 18.3. The summed E-state index contributed by atoms with van der Waals surface area (Å²) in [6.07, 6.45) is 0.558. The van der Waals surface area contributed by atoms with Gasteiger partial charge in [0.1, 0.15) is 0 Å². The number of sulfonamides is 1. The van der Waals surface area contributed by atoms with E-state index in [0.29, 0.717) is 23.7 Å². The van der Waals surface area contributed by atoms with Gasteiger partial charge >= 0.3 is 0 Å². The molecule has 1 amide bonds. The van der Waals surface area contributed by atoms with E-state index in [0.717, 1.165) is 0 Å². The highest BCUT2D eigenvalue weighted by Crippen LogP contribution is 2.21. The second-order valence-electron chi connectivity index (χ2n) is 5.21. The van der Waals surface area contributed by atoms with Gasteiger partial charge in [0.25, 0.3) is 5.91 Å². The molecular formula is C17H19ClN2O4S. The number of benzene rings is 2. The molecule has 0 atom stereocenters. The van der Waals surface area contributed by atoms with Crippen LogP contribution in [0.25, 0.3) is 0 Å². The van der Waals surface area contributed by atoms with Crippen LogP contribution in [0.15, 0.2) is 53.4 Å². The van der Waals surface area contributed by atoms with Crippen molar-refractivity contribution in [3.05, 3.63) is 59.1 Å². The van der Waals surface area contributed by atoms with Gasteiger partial charge in [0.2, 0.25) is 10.0 Å². The molecule has 0 unspecified atom stereocenters. The van der Waals surface area contributed by atoms with Crippen LogP contribution in [0.4, 0.5) is 5.69 Å². The van der Waals surface area contributed by atoms with Gasteiger partial charge in [-0.3, -0.25) is 4.79 Å². The summed E-state index contributed by atoms with van der Waals surface area (Å²) in [5, 5.41) is 3.06. The van der Waals surface area contributed by atoms with Crippen LogP contribution < -0.4 is 10.0 Å². The third-order valence-electron chi connectivity index (χ3n) is 3.35. The van der Waals surface area contributed by atoms with Gasteiger partial charge in [0.05, 0.1) is 15.6 Å². The molecule has 0 bridgehead atoms. The molecule has 0 aromatic heterocycles. The van der Waals surface area contributed by atoms with Crippen molar-refractivity contribution < 1.29 is 17.9 Å². The number of hydrogen-bond donors (Lipinski definition) is 2. The standard InChI is InChI=1S/C17H19ClN2O4S/c1-24-11-5-10-19-25(22,23)14-7-4-6-13(12-14)17(21)20-16-9-3-2-8-15(16)18/h2-4,6-9,12,19H,5,10-11H2,1H3,(H,20,21). The van der Waals surface area contributed by atoms with Gasteiger partial charge in [-0.25, -0.2) is 13.1 Å². The first-order chi connectivity index (χ1) is 11.9. The Morgan fingerprint density at radius 3 is 2.64 bits per heavy atom. The molecule has 0 aliphatic heterocycles. The SMILES string of the molecule is COCCCNS(=O)(=O)c1cccc(C(=O)Nc2ccccc2Cl)c1. The summed E-state index contributed by atoms with van der Waals surface area (Å²) in [4.78, 5) is 12.4. The Morgan fingerprint density at radius 1 is 1.16 bits per heavy atom. The summed E-state index contributed by atoms with van der Waals surface area (Å²) < 4.78 is 31.9. The average Bonchev–Trinajstić information content (AvgIpc) is 2.61. The van der Waals surface area contributed by atoms with Gasteiger partial charge in [-0.2, -0.15) is 0 Å². The Labute approximate surface area is 152 Å². The monoisotopic (exact) mass is 382 g/mol. The third-order valence-corrected chi connectivity index (χ3v) is 5.13. The Morgan fingerprint density at radius 2 is 1.92 bits per heavy atom. The van der Waals surface area contributed by atoms with Crippen molar-refractivity contribution >= 4 is 33.2 Å². The largest absolute Gasteiger partial charge is 0.385 e. The van der Waals surface area contributed by atoms with Gasteiger partial charge in [0, 0.05) is 25.8 Å². The highest BCUT2D eigenvalue weighted by atomic mass is 35.5. The van der Waals surface area contributed by atoms with Crippen molar-refractivity contribution in [3.63, 3.8) is 0 Å². The number of halogens is 1. The molecule has 0 saturated carbocycles. The molecule has 2 N–H and O–H groups in total. The number of hydrogen-bond acceptors (Lipinski definition) is 4. The van der Waals surface area contributed by atoms with Crippen LogP contribution in [0.3, 0.4) is 0 Å². The van der Waals surface area contributed by atoms with E-state index in [-0.39, 0.29) is 17.0 Å². The molecule has 0 fully saturated rings. The minimum absolute atomic E-state index is 0.0247. The predicted octanol–water partition coefficient (Wildman–Crippen LogP) is 2.91. The lowest BCUT2D eigenvalue weighted by molar-refractivity contribution is 0.102. The Bertz CT molecular complexity index is 840. The molecule has 2 aromatic rings. The summed E-state index contributed by atoms with van der Waals surface area (Å²) in [6, 6.07) is 12.6. The van der Waals surface area contributed by atoms with Crippen molar-refractivity contribution in [2.45, 2.75) is 11.3 Å². The van der Waals surface area contributed by atoms with Crippen molar-refractivity contribution in [3.8, 4) is 0 Å². The molecular weight excluding hydrogens is 364 g/mol. The molecule has 6 nitrogen and oxygen atoms in total. The number of para-hydroxylation sites is 1. The van der Waals surface area contributed by atoms with Crippen LogP contribution in [-0.4, -0.2) is 34.6 Å². The number of amides is 1. The summed E-state index contributed by atoms with van der Waals surface area (Å²) in [6.45, 7) is 0.717. The van der Waals surface area contributed by atoms with E-state index in [4.69, 9.17) is 16.3 Å². The van der Waals surface area contributed by atoms with Gasteiger partial charge < -0.3 is 10.1 Å². The second kappa shape index (κ2) is 8.96. The normalized spacial score (nSPS) is 11.3. The van der Waals surface area contributed by atoms with Gasteiger partial charge in [-0.05, 0) is 36.8 Å². The number of ether oxygens (including phenoxy) is 1. The molecule has 0 saturated heterocycles. The van der Waals surface area contributed by atoms with Crippen LogP contribution in [-0.2, 0) is 14.8 Å². The summed E-state index contributed by atoms with van der Waals surface area (Å²) >= 11 is 6.01. The van der Waals surface area contributed by atoms with E-state index in [1.54, 1.807) is 31.4 Å². The highest BCUT2D eigenvalue weighted by molar-refractivity contribution is 7.89. The molecule has 0 radical (unpaired) electrons. The fourth-order valence-electron chi connectivity index (χ4n) is 2.07. The van der Waals surface area contributed by atoms with E-state index in [1.165, 1.54) is 24.3 Å². The van der Waals surface area contributed by atoms with Crippen molar-refractivity contribution in [2.75, 3.05) is 25.6 Å². The lowest BCUT2D eigenvalue weighted by Gasteiger charge is -2.10. The lowest BCUT2D eigenvalue weighted by atomic mass is 10.2. The molecule has 25 heavy (non-hydrogen) atoms. The Kier molecular flexibility index (Phi) is 6.95. The van der Waals surface area contributed by atoms with E-state index >= 15 is 0 Å². The van der Waals surface area contributed by atoms with Gasteiger partial charge in [0.15, 0.2) is 0 Å². The van der Waals surface area contributed by atoms with Crippen LogP contribution in [0.2, 0.25) is 5.02 Å². The van der Waals surface area contributed by atoms with E-state index in [1.807, 2.05) is 0 Å². The zero-order valence-corrected chi connectivity index (χ0v) is 15.2. The maximum Gasteiger partial charge on any atom is 0.255 e. The quantitative estimate of drug-likeness (QED) is 0.687.